The van der Waals surface area contributed by atoms with Crippen LogP contribution in [0.4, 0.5) is 13.2 Å². The van der Waals surface area contributed by atoms with Crippen LogP contribution < -0.4 is 0 Å². The minimum atomic E-state index is -3.67. The summed E-state index contributed by atoms with van der Waals surface area (Å²) in [6.07, 6.45) is 5.95. The Bertz CT molecular complexity index is 2040. The number of hydrogen-bond donors (Lipinski definition) is 0. The van der Waals surface area contributed by atoms with Gasteiger partial charge in [0.2, 0.25) is 10.0 Å². The van der Waals surface area contributed by atoms with Crippen molar-refractivity contribution >= 4 is 44.4 Å². The number of nitrogens with zero attached hydrogens (tertiary/aromatic N) is 7. The Morgan fingerprint density at radius 3 is 2.63 bits per heavy atom. The number of benzene rings is 1. The summed E-state index contributed by atoms with van der Waals surface area (Å²) in [6.45, 7) is 0.592. The minimum absolute atomic E-state index is 0.0824. The van der Waals surface area contributed by atoms with Gasteiger partial charge in [0.1, 0.15) is 11.9 Å². The average Bonchev–Trinajstić information content (AvgIpc) is 3.88. The van der Waals surface area contributed by atoms with Gasteiger partial charge in [0.15, 0.2) is 10.8 Å². The number of piperidine rings is 1. The highest BCUT2D eigenvalue weighted by molar-refractivity contribution is 7.89. The molecule has 2 bridgehead atoms. The second-order valence-electron chi connectivity index (χ2n) is 13.4. The van der Waals surface area contributed by atoms with Crippen molar-refractivity contribution < 1.29 is 21.6 Å². The van der Waals surface area contributed by atoms with Gasteiger partial charge < -0.3 is 4.90 Å². The molecule has 3 fully saturated rings. The highest BCUT2D eigenvalue weighted by atomic mass is 35.5. The summed E-state index contributed by atoms with van der Waals surface area (Å²) in [5.74, 6) is 0.575. The van der Waals surface area contributed by atoms with Crippen molar-refractivity contribution in [3.63, 3.8) is 0 Å². The minimum Gasteiger partial charge on any atom is -0.327 e. The Hall–Kier alpha value is -3.59. The first kappa shape index (κ1) is 32.6. The normalized spacial score (nSPS) is 27.2. The molecule has 0 N–H and O–H groups in total. The lowest BCUT2D eigenvalue weighted by Crippen LogP contribution is -2.46. The van der Waals surface area contributed by atoms with Crippen LogP contribution in [0.2, 0.25) is 5.02 Å². The van der Waals surface area contributed by atoms with Gasteiger partial charge in [-0.3, -0.25) is 9.98 Å². The van der Waals surface area contributed by atoms with E-state index in [2.05, 4.69) is 22.0 Å². The van der Waals surface area contributed by atoms with E-state index in [-0.39, 0.29) is 40.1 Å². The smallest absolute Gasteiger partial charge is 0.327 e. The summed E-state index contributed by atoms with van der Waals surface area (Å²) in [6, 6.07) is 10.6. The molecule has 4 aliphatic rings. The van der Waals surface area contributed by atoms with E-state index in [9.17, 15) is 21.6 Å². The number of fused-ring (bicyclic) bond motifs is 3. The molecular weight excluding hydrogens is 695 g/mol. The maximum absolute atomic E-state index is 14.2. The molecule has 1 aromatic carbocycles. The monoisotopic (exact) mass is 727 g/mol. The van der Waals surface area contributed by atoms with Crippen LogP contribution in [0, 0.1) is 29.5 Å². The van der Waals surface area contributed by atoms with E-state index in [0.29, 0.717) is 64.3 Å². The molecule has 8 rings (SSSR count). The third-order valence-corrected chi connectivity index (χ3v) is 13.5. The number of halogens is 4. The van der Waals surface area contributed by atoms with Crippen molar-refractivity contribution in [2.45, 2.75) is 38.3 Å². The van der Waals surface area contributed by atoms with Crippen LogP contribution in [0.25, 0.3) is 5.57 Å². The SMILES string of the molecule is C[C@H]1CC2CN(S(=O)(=O)C[C@H]3CC4=C(c5ccn(C(F)F)n5)[C@H](c5ccc(F)cc5Cl)N=C(c5nccs5)N4C3)C[C@H]1[C@@H]2c1ccccn1. The number of aliphatic imine (C=N–C) groups is 1. The topological polar surface area (TPSA) is 96.6 Å². The van der Waals surface area contributed by atoms with Gasteiger partial charge >= 0.3 is 6.55 Å². The third-order valence-electron chi connectivity index (χ3n) is 10.4. The maximum Gasteiger partial charge on any atom is 0.333 e. The number of sulfonamides is 1. The molecule has 0 radical (unpaired) electrons. The Morgan fingerprint density at radius 2 is 1.94 bits per heavy atom. The Kier molecular flexibility index (Phi) is 8.40. The molecular formula is C34H33ClF3N7O2S2. The van der Waals surface area contributed by atoms with Gasteiger partial charge in [0.25, 0.3) is 0 Å². The quantitative estimate of drug-likeness (QED) is 0.197. The maximum atomic E-state index is 14.2. The highest BCUT2D eigenvalue weighted by Crippen LogP contribution is 2.52. The fourth-order valence-electron chi connectivity index (χ4n) is 8.36. The van der Waals surface area contributed by atoms with Crippen LogP contribution in [-0.4, -0.2) is 68.6 Å². The molecule has 6 atom stereocenters. The predicted molar refractivity (Wildman–Crippen MR) is 181 cm³/mol. The zero-order valence-electron chi connectivity index (χ0n) is 26.4. The van der Waals surface area contributed by atoms with Gasteiger partial charge in [-0.05, 0) is 66.8 Å². The number of alkyl halides is 2. The summed E-state index contributed by atoms with van der Waals surface area (Å²) in [4.78, 5) is 16.1. The number of hydrogen-bond acceptors (Lipinski definition) is 8. The third kappa shape index (κ3) is 5.89. The van der Waals surface area contributed by atoms with Crippen LogP contribution in [0.3, 0.4) is 0 Å². The predicted octanol–water partition coefficient (Wildman–Crippen LogP) is 6.86. The molecule has 4 aromatic rings. The molecule has 1 unspecified atom stereocenters. The Labute approximate surface area is 291 Å². The van der Waals surface area contributed by atoms with E-state index < -0.39 is 28.4 Å². The first-order valence-corrected chi connectivity index (χ1v) is 19.1. The molecule has 3 aromatic heterocycles. The molecule has 3 aliphatic heterocycles. The van der Waals surface area contributed by atoms with Gasteiger partial charge in [-0.1, -0.05) is 30.7 Å². The fourth-order valence-corrected chi connectivity index (χ4v) is 11.1. The summed E-state index contributed by atoms with van der Waals surface area (Å²) in [5, 5.41) is 6.76. The number of allylic oxidation sites excluding steroid dienone is 1. The van der Waals surface area contributed by atoms with Crippen molar-refractivity contribution in [2.75, 3.05) is 25.4 Å². The van der Waals surface area contributed by atoms with Gasteiger partial charge in [-0.25, -0.2) is 26.8 Å². The van der Waals surface area contributed by atoms with Gasteiger partial charge in [-0.2, -0.15) is 13.9 Å². The lowest BCUT2D eigenvalue weighted by Gasteiger charge is -2.38. The van der Waals surface area contributed by atoms with E-state index in [1.165, 1.54) is 41.8 Å². The van der Waals surface area contributed by atoms with E-state index in [0.717, 1.165) is 12.1 Å². The molecule has 256 valence electrons. The molecule has 15 heteroatoms. The van der Waals surface area contributed by atoms with Crippen molar-refractivity contribution in [2.24, 2.45) is 28.7 Å². The van der Waals surface area contributed by atoms with Crippen LogP contribution in [0.15, 0.2) is 77.1 Å². The summed E-state index contributed by atoms with van der Waals surface area (Å²) >= 11 is 7.96. The summed E-state index contributed by atoms with van der Waals surface area (Å²) in [7, 11) is -3.67. The van der Waals surface area contributed by atoms with E-state index in [1.54, 1.807) is 16.7 Å². The largest absolute Gasteiger partial charge is 0.333 e. The summed E-state index contributed by atoms with van der Waals surface area (Å²) < 4.78 is 72.3. The van der Waals surface area contributed by atoms with Gasteiger partial charge in [-0.15, -0.1) is 11.3 Å². The van der Waals surface area contributed by atoms with E-state index >= 15 is 0 Å². The van der Waals surface area contributed by atoms with Crippen LogP contribution in [0.1, 0.15) is 60.2 Å². The number of aromatic nitrogens is 4. The van der Waals surface area contributed by atoms with Crippen LogP contribution in [0.5, 0.6) is 0 Å². The van der Waals surface area contributed by atoms with Crippen LogP contribution in [-0.2, 0) is 10.0 Å². The van der Waals surface area contributed by atoms with Crippen molar-refractivity contribution in [3.05, 3.63) is 105 Å². The Morgan fingerprint density at radius 1 is 1.08 bits per heavy atom. The molecule has 2 saturated heterocycles. The first-order chi connectivity index (χ1) is 23.6. The van der Waals surface area contributed by atoms with Crippen molar-refractivity contribution in [1.82, 2.24) is 29.0 Å². The molecule has 6 heterocycles. The lowest BCUT2D eigenvalue weighted by atomic mass is 9.82. The second-order valence-corrected chi connectivity index (χ2v) is 16.7. The highest BCUT2D eigenvalue weighted by Gasteiger charge is 2.50. The first-order valence-electron chi connectivity index (χ1n) is 16.2. The standard InChI is InChI=1S/C34H33ClF3N7O2S2/c1-19-12-21-16-43(17-24(19)29(21)26-4-2-3-8-39-26)49(46,47)18-20-13-28-30(27-7-10-45(42-27)34(37)38)31(23-6-5-22(36)14-25(23)35)41-32(44(28)15-20)33-40-9-11-48-33/h2-11,14,19-21,24,29,31,34H,12-13,15-18H2,1H3/t19-,20-,21?,24+,29+,31-/m0/s1. The number of thiazole rings is 1. The zero-order chi connectivity index (χ0) is 34.0. The Balaban J connectivity index is 1.14. The van der Waals surface area contributed by atoms with E-state index in [4.69, 9.17) is 16.6 Å². The van der Waals surface area contributed by atoms with Crippen molar-refractivity contribution in [1.29, 1.82) is 0 Å². The molecule has 9 nitrogen and oxygen atoms in total. The van der Waals surface area contributed by atoms with E-state index in [1.807, 2.05) is 28.5 Å². The lowest BCUT2D eigenvalue weighted by molar-refractivity contribution is 0.0564. The fraction of sp³-hybridized carbons (Fsp3) is 0.412. The van der Waals surface area contributed by atoms with Crippen molar-refractivity contribution in [3.8, 4) is 0 Å². The molecule has 1 saturated carbocycles. The molecule has 0 amide bonds. The molecule has 1 aliphatic carbocycles. The van der Waals surface area contributed by atoms with Gasteiger partial charge in [0.05, 0.1) is 11.4 Å². The van der Waals surface area contributed by atoms with Gasteiger partial charge in [0, 0.05) is 77.1 Å². The number of pyridine rings is 1. The second kappa shape index (κ2) is 12.6. The zero-order valence-corrected chi connectivity index (χ0v) is 28.8. The average molecular weight is 728 g/mol. The number of amidine groups is 1. The summed E-state index contributed by atoms with van der Waals surface area (Å²) in [5.41, 5.74) is 3.01. The molecule has 0 spiro atoms. The number of rotatable bonds is 8. The van der Waals surface area contributed by atoms with Crippen LogP contribution >= 0.6 is 22.9 Å². The molecule has 49 heavy (non-hydrogen) atoms.